The molecule has 1 amide bonds. The topological polar surface area (TPSA) is 101 Å². The molecule has 156 valence electrons. The fraction of sp³-hybridized carbons (Fsp3) is 0.286. The van der Waals surface area contributed by atoms with Crippen molar-refractivity contribution in [2.45, 2.75) is 31.1 Å². The van der Waals surface area contributed by atoms with Crippen molar-refractivity contribution in [3.63, 3.8) is 0 Å². The van der Waals surface area contributed by atoms with E-state index >= 15 is 0 Å². The van der Waals surface area contributed by atoms with Gasteiger partial charge < -0.3 is 5.32 Å². The minimum atomic E-state index is -3.56. The summed E-state index contributed by atoms with van der Waals surface area (Å²) in [6, 6.07) is 12.9. The van der Waals surface area contributed by atoms with Crippen LogP contribution in [0.25, 0.3) is 5.65 Å². The molecule has 3 aromatic rings. The SMILES string of the molecule is Cc1cccc2nc(CC(=O)Nc3cccc(S(=O)(=O)N4CCCC4)c3)cc(=O)n12. The van der Waals surface area contributed by atoms with Crippen molar-refractivity contribution in [3.05, 3.63) is 70.3 Å². The van der Waals surface area contributed by atoms with Gasteiger partial charge in [0.15, 0.2) is 0 Å². The molecule has 0 bridgehead atoms. The number of hydrogen-bond acceptors (Lipinski definition) is 5. The molecule has 0 unspecified atom stereocenters. The summed E-state index contributed by atoms with van der Waals surface area (Å²) in [5, 5.41) is 2.70. The fourth-order valence-corrected chi connectivity index (χ4v) is 5.20. The van der Waals surface area contributed by atoms with Crippen LogP contribution in [0, 0.1) is 6.92 Å². The zero-order chi connectivity index (χ0) is 21.3. The van der Waals surface area contributed by atoms with E-state index in [2.05, 4.69) is 10.3 Å². The van der Waals surface area contributed by atoms with E-state index in [0.717, 1.165) is 18.5 Å². The number of pyridine rings is 1. The third-order valence-corrected chi connectivity index (χ3v) is 6.99. The third-order valence-electron chi connectivity index (χ3n) is 5.10. The molecule has 0 radical (unpaired) electrons. The molecule has 0 atom stereocenters. The van der Waals surface area contributed by atoms with E-state index in [1.165, 1.54) is 26.9 Å². The average Bonchev–Trinajstić information content (AvgIpc) is 3.23. The number of carbonyl (C=O) groups excluding carboxylic acids is 1. The molecule has 3 heterocycles. The quantitative estimate of drug-likeness (QED) is 0.672. The van der Waals surface area contributed by atoms with Crippen molar-refractivity contribution in [1.29, 1.82) is 0 Å². The highest BCUT2D eigenvalue weighted by Crippen LogP contribution is 2.23. The molecule has 2 aromatic heterocycles. The number of fused-ring (bicyclic) bond motifs is 1. The number of aryl methyl sites for hydroxylation is 1. The summed E-state index contributed by atoms with van der Waals surface area (Å²) in [6.07, 6.45) is 1.62. The number of rotatable bonds is 5. The molecule has 9 heteroatoms. The summed E-state index contributed by atoms with van der Waals surface area (Å²) in [5.74, 6) is -0.380. The number of hydrogen-bond donors (Lipinski definition) is 1. The fourth-order valence-electron chi connectivity index (χ4n) is 3.64. The van der Waals surface area contributed by atoms with Gasteiger partial charge in [0.05, 0.1) is 17.0 Å². The number of aromatic nitrogens is 2. The van der Waals surface area contributed by atoms with Crippen LogP contribution >= 0.6 is 0 Å². The van der Waals surface area contributed by atoms with Crippen molar-refractivity contribution in [3.8, 4) is 0 Å². The second kappa shape index (κ2) is 8.00. The smallest absolute Gasteiger partial charge is 0.258 e. The third kappa shape index (κ3) is 3.99. The van der Waals surface area contributed by atoms with Crippen LogP contribution in [0.2, 0.25) is 0 Å². The summed E-state index contributed by atoms with van der Waals surface area (Å²) in [6.45, 7) is 2.84. The molecule has 8 nitrogen and oxygen atoms in total. The summed E-state index contributed by atoms with van der Waals surface area (Å²) in [4.78, 5) is 29.4. The lowest BCUT2D eigenvalue weighted by Gasteiger charge is -2.16. The van der Waals surface area contributed by atoms with E-state index in [9.17, 15) is 18.0 Å². The molecule has 1 aliphatic heterocycles. The summed E-state index contributed by atoms with van der Waals surface area (Å²) in [7, 11) is -3.56. The van der Waals surface area contributed by atoms with Crippen LogP contribution in [0.3, 0.4) is 0 Å². The van der Waals surface area contributed by atoms with E-state index < -0.39 is 10.0 Å². The van der Waals surface area contributed by atoms with E-state index in [1.54, 1.807) is 24.3 Å². The predicted octanol–water partition coefficient (Wildman–Crippen LogP) is 1.97. The Morgan fingerprint density at radius 1 is 1.10 bits per heavy atom. The van der Waals surface area contributed by atoms with Gasteiger partial charge in [-0.15, -0.1) is 0 Å². The number of nitrogens with one attached hydrogen (secondary N) is 1. The first kappa shape index (κ1) is 20.2. The van der Waals surface area contributed by atoms with Crippen LogP contribution in [0.5, 0.6) is 0 Å². The highest BCUT2D eigenvalue weighted by molar-refractivity contribution is 7.89. The van der Waals surface area contributed by atoms with Gasteiger partial charge in [0, 0.05) is 30.5 Å². The Morgan fingerprint density at radius 3 is 2.60 bits per heavy atom. The van der Waals surface area contributed by atoms with E-state index in [-0.39, 0.29) is 22.8 Å². The molecule has 4 rings (SSSR count). The van der Waals surface area contributed by atoms with Crippen molar-refractivity contribution in [1.82, 2.24) is 13.7 Å². The average molecular weight is 426 g/mol. The maximum Gasteiger partial charge on any atom is 0.258 e. The normalized spacial score (nSPS) is 14.8. The molecule has 0 spiro atoms. The standard InChI is InChI=1S/C21H22N4O4S/c1-15-6-4-9-19-22-17(14-21(27)25(15)19)13-20(26)23-16-7-5-8-18(12-16)30(28,29)24-10-2-3-11-24/h4-9,12,14H,2-3,10-11,13H2,1H3,(H,23,26). The Morgan fingerprint density at radius 2 is 1.83 bits per heavy atom. The predicted molar refractivity (Wildman–Crippen MR) is 113 cm³/mol. The first-order valence-electron chi connectivity index (χ1n) is 9.73. The molecule has 1 aliphatic rings. The van der Waals surface area contributed by atoms with Gasteiger partial charge in [-0.2, -0.15) is 4.31 Å². The van der Waals surface area contributed by atoms with E-state index in [0.29, 0.717) is 30.1 Å². The van der Waals surface area contributed by atoms with Crippen molar-refractivity contribution >= 4 is 27.3 Å². The molecular formula is C21H22N4O4S. The highest BCUT2D eigenvalue weighted by atomic mass is 32.2. The van der Waals surface area contributed by atoms with Gasteiger partial charge in [0.1, 0.15) is 5.65 Å². The monoisotopic (exact) mass is 426 g/mol. The van der Waals surface area contributed by atoms with Gasteiger partial charge in [-0.05, 0) is 50.1 Å². The lowest BCUT2D eigenvalue weighted by atomic mass is 10.2. The number of sulfonamides is 1. The number of amides is 1. The lowest BCUT2D eigenvalue weighted by Crippen LogP contribution is -2.28. The molecule has 1 fully saturated rings. The molecule has 1 N–H and O–H groups in total. The number of anilines is 1. The van der Waals surface area contributed by atoms with Gasteiger partial charge in [-0.3, -0.25) is 14.0 Å². The molecule has 0 saturated carbocycles. The van der Waals surface area contributed by atoms with Crippen LogP contribution in [0.4, 0.5) is 5.69 Å². The van der Waals surface area contributed by atoms with Gasteiger partial charge in [0.25, 0.3) is 5.56 Å². The Balaban J connectivity index is 1.52. The minimum absolute atomic E-state index is 0.0945. The highest BCUT2D eigenvalue weighted by Gasteiger charge is 2.27. The summed E-state index contributed by atoms with van der Waals surface area (Å²) >= 11 is 0. The Kier molecular flexibility index (Phi) is 5.40. The van der Waals surface area contributed by atoms with Crippen LogP contribution in [-0.4, -0.2) is 41.1 Å². The first-order valence-corrected chi connectivity index (χ1v) is 11.2. The van der Waals surface area contributed by atoms with Crippen molar-refractivity contribution < 1.29 is 13.2 Å². The molecule has 1 aromatic carbocycles. The van der Waals surface area contributed by atoms with Crippen molar-refractivity contribution in [2.75, 3.05) is 18.4 Å². The first-order chi connectivity index (χ1) is 14.3. The summed E-state index contributed by atoms with van der Waals surface area (Å²) < 4.78 is 28.4. The maximum absolute atomic E-state index is 12.7. The van der Waals surface area contributed by atoms with Gasteiger partial charge in [0.2, 0.25) is 15.9 Å². The van der Waals surface area contributed by atoms with Crippen LogP contribution < -0.4 is 10.9 Å². The minimum Gasteiger partial charge on any atom is -0.326 e. The largest absolute Gasteiger partial charge is 0.326 e. The molecule has 30 heavy (non-hydrogen) atoms. The number of carbonyl (C=O) groups is 1. The van der Waals surface area contributed by atoms with Gasteiger partial charge >= 0.3 is 0 Å². The maximum atomic E-state index is 12.7. The van der Waals surface area contributed by atoms with E-state index in [4.69, 9.17) is 0 Å². The number of benzene rings is 1. The van der Waals surface area contributed by atoms with Crippen molar-refractivity contribution in [2.24, 2.45) is 0 Å². The van der Waals surface area contributed by atoms with Gasteiger partial charge in [-0.25, -0.2) is 13.4 Å². The zero-order valence-corrected chi connectivity index (χ0v) is 17.4. The zero-order valence-electron chi connectivity index (χ0n) is 16.5. The molecular weight excluding hydrogens is 404 g/mol. The number of nitrogens with zero attached hydrogens (tertiary/aromatic N) is 3. The van der Waals surface area contributed by atoms with Crippen LogP contribution in [0.1, 0.15) is 24.2 Å². The van der Waals surface area contributed by atoms with Crippen LogP contribution in [0.15, 0.2) is 58.2 Å². The second-order valence-corrected chi connectivity index (χ2v) is 9.25. The Bertz CT molecular complexity index is 1280. The van der Waals surface area contributed by atoms with E-state index in [1.807, 2.05) is 13.0 Å². The summed E-state index contributed by atoms with van der Waals surface area (Å²) in [5.41, 5.74) is 1.72. The lowest BCUT2D eigenvalue weighted by molar-refractivity contribution is -0.115. The Hall–Kier alpha value is -3.04. The molecule has 0 aliphatic carbocycles. The molecule has 1 saturated heterocycles. The Labute approximate surface area is 174 Å². The second-order valence-electron chi connectivity index (χ2n) is 7.31. The van der Waals surface area contributed by atoms with Gasteiger partial charge in [-0.1, -0.05) is 12.1 Å². The van der Waals surface area contributed by atoms with Crippen LogP contribution in [-0.2, 0) is 21.2 Å².